The number of aryl methyl sites for hydroxylation is 1. The van der Waals surface area contributed by atoms with E-state index in [-0.39, 0.29) is 5.91 Å². The van der Waals surface area contributed by atoms with Crippen LogP contribution in [0.25, 0.3) is 5.57 Å². The molecule has 1 aliphatic heterocycles. The predicted octanol–water partition coefficient (Wildman–Crippen LogP) is 3.26. The second-order valence-corrected chi connectivity index (χ2v) is 5.29. The standard InChI is InChI=1S/C17H19N3O/c1-2-3-15(11-20-9-8-18-12-20)13-4-6-16-14(10-13)5-7-17(21)19-16/h3-4,6,8-10,12H,2,5,7,11H2,1H3,(H,19,21)/b15-3-. The number of aromatic nitrogens is 2. The summed E-state index contributed by atoms with van der Waals surface area (Å²) >= 11 is 0. The molecule has 0 aliphatic carbocycles. The molecule has 4 heteroatoms. The van der Waals surface area contributed by atoms with Gasteiger partial charge in [-0.05, 0) is 41.7 Å². The number of nitrogens with one attached hydrogen (secondary N) is 1. The summed E-state index contributed by atoms with van der Waals surface area (Å²) in [5.74, 6) is 0.109. The molecular formula is C17H19N3O. The fourth-order valence-corrected chi connectivity index (χ4v) is 2.68. The van der Waals surface area contributed by atoms with Crippen molar-refractivity contribution in [1.29, 1.82) is 0 Å². The zero-order valence-electron chi connectivity index (χ0n) is 12.2. The number of imidazole rings is 1. The molecule has 1 amide bonds. The van der Waals surface area contributed by atoms with Gasteiger partial charge in [-0.3, -0.25) is 4.79 Å². The summed E-state index contributed by atoms with van der Waals surface area (Å²) in [6, 6.07) is 6.30. The van der Waals surface area contributed by atoms with Crippen molar-refractivity contribution in [2.24, 2.45) is 0 Å². The average molecular weight is 281 g/mol. The van der Waals surface area contributed by atoms with Crippen LogP contribution in [-0.4, -0.2) is 15.5 Å². The van der Waals surface area contributed by atoms with Gasteiger partial charge in [0.05, 0.1) is 6.33 Å². The number of amides is 1. The Hall–Kier alpha value is -2.36. The monoisotopic (exact) mass is 281 g/mol. The van der Waals surface area contributed by atoms with Crippen LogP contribution in [0.4, 0.5) is 5.69 Å². The lowest BCUT2D eigenvalue weighted by atomic mass is 9.96. The van der Waals surface area contributed by atoms with Crippen molar-refractivity contribution in [2.75, 3.05) is 5.32 Å². The van der Waals surface area contributed by atoms with Gasteiger partial charge in [0, 0.05) is 31.0 Å². The Morgan fingerprint density at radius 1 is 1.43 bits per heavy atom. The van der Waals surface area contributed by atoms with Gasteiger partial charge in [-0.1, -0.05) is 19.1 Å². The van der Waals surface area contributed by atoms with E-state index in [2.05, 4.69) is 40.0 Å². The van der Waals surface area contributed by atoms with Gasteiger partial charge in [0.1, 0.15) is 0 Å². The molecule has 0 bridgehead atoms. The van der Waals surface area contributed by atoms with Crippen molar-refractivity contribution in [1.82, 2.24) is 9.55 Å². The first kappa shape index (κ1) is 13.6. The third kappa shape index (κ3) is 3.05. The van der Waals surface area contributed by atoms with Gasteiger partial charge < -0.3 is 9.88 Å². The lowest BCUT2D eigenvalue weighted by Crippen LogP contribution is -2.19. The molecule has 0 fully saturated rings. The lowest BCUT2D eigenvalue weighted by molar-refractivity contribution is -0.116. The maximum atomic E-state index is 11.4. The van der Waals surface area contributed by atoms with E-state index in [9.17, 15) is 4.79 Å². The highest BCUT2D eigenvalue weighted by molar-refractivity contribution is 5.94. The Balaban J connectivity index is 1.90. The molecule has 1 aromatic carbocycles. The Morgan fingerprint density at radius 2 is 2.33 bits per heavy atom. The molecule has 0 saturated carbocycles. The minimum atomic E-state index is 0.109. The molecule has 1 aromatic heterocycles. The Kier molecular flexibility index (Phi) is 3.86. The van der Waals surface area contributed by atoms with E-state index >= 15 is 0 Å². The van der Waals surface area contributed by atoms with Gasteiger partial charge in [0.15, 0.2) is 0 Å². The third-order valence-electron chi connectivity index (χ3n) is 3.73. The number of fused-ring (bicyclic) bond motifs is 1. The molecule has 0 unspecified atom stereocenters. The van der Waals surface area contributed by atoms with Gasteiger partial charge in [-0.15, -0.1) is 0 Å². The number of allylic oxidation sites excluding steroid dienone is 2. The molecule has 0 radical (unpaired) electrons. The highest BCUT2D eigenvalue weighted by atomic mass is 16.1. The van der Waals surface area contributed by atoms with Crippen molar-refractivity contribution in [2.45, 2.75) is 32.7 Å². The van der Waals surface area contributed by atoms with Gasteiger partial charge in [0.25, 0.3) is 0 Å². The minimum Gasteiger partial charge on any atom is -0.333 e. The van der Waals surface area contributed by atoms with Crippen molar-refractivity contribution < 1.29 is 4.79 Å². The van der Waals surface area contributed by atoms with Gasteiger partial charge in [0.2, 0.25) is 5.91 Å². The zero-order chi connectivity index (χ0) is 14.7. The van der Waals surface area contributed by atoms with E-state index in [1.54, 1.807) is 6.20 Å². The highest BCUT2D eigenvalue weighted by Gasteiger charge is 2.15. The van der Waals surface area contributed by atoms with Crippen molar-refractivity contribution in [3.63, 3.8) is 0 Å². The van der Waals surface area contributed by atoms with Gasteiger partial charge in [-0.25, -0.2) is 4.98 Å². The molecule has 2 heterocycles. The normalized spacial score (nSPS) is 14.7. The van der Waals surface area contributed by atoms with E-state index in [0.29, 0.717) is 6.42 Å². The number of carbonyl (C=O) groups is 1. The molecule has 21 heavy (non-hydrogen) atoms. The van der Waals surface area contributed by atoms with E-state index < -0.39 is 0 Å². The molecule has 4 nitrogen and oxygen atoms in total. The number of benzene rings is 1. The van der Waals surface area contributed by atoms with E-state index in [1.807, 2.05) is 18.6 Å². The predicted molar refractivity (Wildman–Crippen MR) is 83.9 cm³/mol. The van der Waals surface area contributed by atoms with Crippen molar-refractivity contribution in [3.8, 4) is 0 Å². The molecule has 1 aliphatic rings. The summed E-state index contributed by atoms with van der Waals surface area (Å²) in [4.78, 5) is 15.5. The minimum absolute atomic E-state index is 0.109. The summed E-state index contributed by atoms with van der Waals surface area (Å²) < 4.78 is 2.07. The summed E-state index contributed by atoms with van der Waals surface area (Å²) in [5, 5.41) is 2.93. The summed E-state index contributed by atoms with van der Waals surface area (Å²) in [6.45, 7) is 2.96. The van der Waals surface area contributed by atoms with Crippen LogP contribution in [0.5, 0.6) is 0 Å². The summed E-state index contributed by atoms with van der Waals surface area (Å²) in [6.07, 6.45) is 10.3. The number of carbonyl (C=O) groups excluding carboxylic acids is 1. The number of rotatable bonds is 4. The van der Waals surface area contributed by atoms with Crippen LogP contribution in [0.2, 0.25) is 0 Å². The van der Waals surface area contributed by atoms with Gasteiger partial charge >= 0.3 is 0 Å². The van der Waals surface area contributed by atoms with Crippen LogP contribution in [0, 0.1) is 0 Å². The van der Waals surface area contributed by atoms with Crippen molar-refractivity contribution in [3.05, 3.63) is 54.1 Å². The number of nitrogens with zero attached hydrogens (tertiary/aromatic N) is 2. The molecule has 2 aromatic rings. The molecular weight excluding hydrogens is 262 g/mol. The van der Waals surface area contributed by atoms with E-state index in [1.165, 1.54) is 16.7 Å². The fraction of sp³-hybridized carbons (Fsp3) is 0.294. The zero-order valence-corrected chi connectivity index (χ0v) is 12.2. The number of hydrogen-bond acceptors (Lipinski definition) is 2. The maximum absolute atomic E-state index is 11.4. The smallest absolute Gasteiger partial charge is 0.224 e. The first-order chi connectivity index (χ1) is 10.3. The second-order valence-electron chi connectivity index (χ2n) is 5.29. The first-order valence-corrected chi connectivity index (χ1v) is 7.34. The van der Waals surface area contributed by atoms with E-state index in [0.717, 1.165) is 25.1 Å². The van der Waals surface area contributed by atoms with Crippen LogP contribution < -0.4 is 5.32 Å². The third-order valence-corrected chi connectivity index (χ3v) is 3.73. The molecule has 0 atom stereocenters. The van der Waals surface area contributed by atoms with Crippen LogP contribution in [0.3, 0.4) is 0 Å². The molecule has 0 spiro atoms. The second kappa shape index (κ2) is 5.95. The van der Waals surface area contributed by atoms with Crippen LogP contribution in [0.1, 0.15) is 30.9 Å². The SMILES string of the molecule is CC/C=C(/Cn1ccnc1)c1ccc2c(c1)CCC(=O)N2. The molecule has 0 saturated heterocycles. The largest absolute Gasteiger partial charge is 0.333 e. The van der Waals surface area contributed by atoms with Crippen LogP contribution in [0.15, 0.2) is 43.0 Å². The molecule has 3 rings (SSSR count). The lowest BCUT2D eigenvalue weighted by Gasteiger charge is -2.18. The number of hydrogen-bond donors (Lipinski definition) is 1. The summed E-state index contributed by atoms with van der Waals surface area (Å²) in [5.41, 5.74) is 4.68. The Bertz CT molecular complexity index is 671. The Labute approximate surface area is 124 Å². The first-order valence-electron chi connectivity index (χ1n) is 7.34. The number of anilines is 1. The van der Waals surface area contributed by atoms with Gasteiger partial charge in [-0.2, -0.15) is 0 Å². The fourth-order valence-electron chi connectivity index (χ4n) is 2.68. The quantitative estimate of drug-likeness (QED) is 0.935. The van der Waals surface area contributed by atoms with Crippen LogP contribution in [-0.2, 0) is 17.8 Å². The average Bonchev–Trinajstić information content (AvgIpc) is 2.99. The van der Waals surface area contributed by atoms with E-state index in [4.69, 9.17) is 0 Å². The summed E-state index contributed by atoms with van der Waals surface area (Å²) in [7, 11) is 0. The Morgan fingerprint density at radius 3 is 3.10 bits per heavy atom. The maximum Gasteiger partial charge on any atom is 0.224 e. The molecule has 1 N–H and O–H groups in total. The van der Waals surface area contributed by atoms with Crippen molar-refractivity contribution >= 4 is 17.2 Å². The topological polar surface area (TPSA) is 46.9 Å². The van der Waals surface area contributed by atoms with Crippen LogP contribution >= 0.6 is 0 Å². The highest BCUT2D eigenvalue weighted by Crippen LogP contribution is 2.27. The molecule has 108 valence electrons.